The number of azo groups is 1. The Morgan fingerprint density at radius 2 is 1.35 bits per heavy atom. The van der Waals surface area contributed by atoms with Crippen LogP contribution in [0.2, 0.25) is 0 Å². The first-order chi connectivity index (χ1) is 8.42. The van der Waals surface area contributed by atoms with Gasteiger partial charge >= 0.3 is 0 Å². The molecule has 0 spiro atoms. The zero-order valence-corrected chi connectivity index (χ0v) is 10.1. The summed E-state index contributed by atoms with van der Waals surface area (Å²) in [5.41, 5.74) is 2.38. The molecule has 0 aromatic heterocycles. The third kappa shape index (κ3) is 1.76. The van der Waals surface area contributed by atoms with Crippen LogP contribution in [-0.2, 0) is 4.87 Å². The van der Waals surface area contributed by atoms with Gasteiger partial charge in [0.2, 0.25) is 0 Å². The van der Waals surface area contributed by atoms with Crippen LogP contribution in [0.3, 0.4) is 0 Å². The van der Waals surface area contributed by atoms with Crippen LogP contribution in [0.25, 0.3) is 0 Å². The molecule has 2 aromatic rings. The van der Waals surface area contributed by atoms with Gasteiger partial charge in [0.05, 0.1) is 0 Å². The van der Waals surface area contributed by atoms with Gasteiger partial charge in [0, 0.05) is 0 Å². The van der Waals surface area contributed by atoms with Crippen molar-refractivity contribution < 1.29 is 0 Å². The summed E-state index contributed by atoms with van der Waals surface area (Å²) in [6.45, 7) is 0. The molecule has 0 N–H and O–H groups in total. The Labute approximate surface area is 105 Å². The Balaban J connectivity index is 2.15. The third-order valence-electron chi connectivity index (χ3n) is 2.87. The van der Waals surface area contributed by atoms with E-state index < -0.39 is 0 Å². The molecule has 0 saturated carbocycles. The molecule has 17 heavy (non-hydrogen) atoms. The molecule has 0 atom stereocenters. The molecule has 0 fully saturated rings. The van der Waals surface area contributed by atoms with Gasteiger partial charge in [-0.1, -0.05) is 72.4 Å². The molecule has 3 heteroatoms. The second-order valence-electron chi connectivity index (χ2n) is 3.89. The molecule has 0 amide bonds. The Morgan fingerprint density at radius 3 is 1.76 bits per heavy atom. The Bertz CT molecular complexity index is 483. The van der Waals surface area contributed by atoms with Gasteiger partial charge in [-0.2, -0.15) is 10.2 Å². The van der Waals surface area contributed by atoms with Crippen LogP contribution in [0.1, 0.15) is 11.1 Å². The number of hydrogen-bond acceptors (Lipinski definition) is 3. The molecule has 0 aliphatic carbocycles. The highest BCUT2D eigenvalue weighted by Gasteiger charge is 2.37. The quantitative estimate of drug-likeness (QED) is 0.777. The molecule has 0 unspecified atom stereocenters. The highest BCUT2D eigenvalue weighted by atomic mass is 32.2. The smallest absolute Gasteiger partial charge is 0.179 e. The van der Waals surface area contributed by atoms with E-state index in [0.29, 0.717) is 0 Å². The summed E-state index contributed by atoms with van der Waals surface area (Å²) < 4.78 is 0. The minimum absolute atomic E-state index is 0.345. The largest absolute Gasteiger partial charge is 0.181 e. The summed E-state index contributed by atoms with van der Waals surface area (Å²) in [7, 11) is 0. The number of thioether (sulfide) groups is 1. The summed E-state index contributed by atoms with van der Waals surface area (Å²) in [6.07, 6.45) is 0. The molecule has 1 heterocycles. The average Bonchev–Trinajstić information content (AvgIpc) is 2.91. The standard InChI is InChI=1S/C14H12N2S/c1-3-7-12(8-4-1)14(16-15-11-17-14)13-9-5-2-6-10-13/h1-10H,11H2. The monoisotopic (exact) mass is 240 g/mol. The molecular weight excluding hydrogens is 228 g/mol. The van der Waals surface area contributed by atoms with E-state index in [1.54, 1.807) is 11.8 Å². The van der Waals surface area contributed by atoms with Crippen molar-refractivity contribution >= 4 is 11.8 Å². The van der Waals surface area contributed by atoms with Crippen molar-refractivity contribution in [3.63, 3.8) is 0 Å². The third-order valence-corrected chi connectivity index (χ3v) is 4.09. The normalized spacial score (nSPS) is 17.2. The molecule has 3 rings (SSSR count). The fraction of sp³-hybridized carbons (Fsp3) is 0.143. The van der Waals surface area contributed by atoms with Crippen LogP contribution in [0.5, 0.6) is 0 Å². The molecule has 1 aliphatic rings. The fourth-order valence-electron chi connectivity index (χ4n) is 2.06. The lowest BCUT2D eigenvalue weighted by Crippen LogP contribution is -2.18. The molecule has 0 bridgehead atoms. The second-order valence-corrected chi connectivity index (χ2v) is 5.03. The van der Waals surface area contributed by atoms with Gasteiger partial charge in [-0.15, -0.1) is 0 Å². The number of benzene rings is 2. The first-order valence-corrected chi connectivity index (χ1v) is 6.54. The molecule has 0 radical (unpaired) electrons. The highest BCUT2D eigenvalue weighted by Crippen LogP contribution is 2.47. The molecule has 2 nitrogen and oxygen atoms in total. The maximum Gasteiger partial charge on any atom is 0.179 e. The van der Waals surface area contributed by atoms with Gasteiger partial charge in [0.15, 0.2) is 4.87 Å². The second kappa shape index (κ2) is 4.34. The van der Waals surface area contributed by atoms with E-state index in [4.69, 9.17) is 0 Å². The summed E-state index contributed by atoms with van der Waals surface area (Å²) in [4.78, 5) is -0.345. The Morgan fingerprint density at radius 1 is 0.824 bits per heavy atom. The summed E-state index contributed by atoms with van der Waals surface area (Å²) in [5, 5.41) is 8.67. The van der Waals surface area contributed by atoms with Crippen molar-refractivity contribution in [2.75, 3.05) is 5.88 Å². The first-order valence-electron chi connectivity index (χ1n) is 5.55. The molecular formula is C14H12N2S. The molecule has 84 valence electrons. The molecule has 1 aliphatic heterocycles. The van der Waals surface area contributed by atoms with Gasteiger partial charge in [-0.05, 0) is 11.1 Å². The average molecular weight is 240 g/mol. The number of rotatable bonds is 2. The van der Waals surface area contributed by atoms with Crippen molar-refractivity contribution in [1.29, 1.82) is 0 Å². The van der Waals surface area contributed by atoms with Gasteiger partial charge in [0.25, 0.3) is 0 Å². The van der Waals surface area contributed by atoms with E-state index in [1.807, 2.05) is 12.1 Å². The van der Waals surface area contributed by atoms with Crippen molar-refractivity contribution in [2.24, 2.45) is 10.2 Å². The van der Waals surface area contributed by atoms with Crippen molar-refractivity contribution in [1.82, 2.24) is 0 Å². The van der Waals surface area contributed by atoms with Crippen molar-refractivity contribution in [3.05, 3.63) is 71.8 Å². The Hall–Kier alpha value is -1.61. The molecule has 0 saturated heterocycles. The van der Waals surface area contributed by atoms with E-state index in [9.17, 15) is 0 Å². The lowest BCUT2D eigenvalue weighted by Gasteiger charge is -2.24. The zero-order chi connectivity index (χ0) is 11.6. The topological polar surface area (TPSA) is 24.7 Å². The van der Waals surface area contributed by atoms with Gasteiger partial charge < -0.3 is 0 Å². The lowest BCUT2D eigenvalue weighted by atomic mass is 9.99. The predicted molar refractivity (Wildman–Crippen MR) is 71.0 cm³/mol. The highest BCUT2D eigenvalue weighted by molar-refractivity contribution is 8.00. The minimum atomic E-state index is -0.345. The predicted octanol–water partition coefficient (Wildman–Crippen LogP) is 4.04. The van der Waals surface area contributed by atoms with Crippen molar-refractivity contribution in [2.45, 2.75) is 4.87 Å². The minimum Gasteiger partial charge on any atom is -0.181 e. The lowest BCUT2D eigenvalue weighted by molar-refractivity contribution is 0.757. The van der Waals surface area contributed by atoms with Crippen LogP contribution in [0.15, 0.2) is 70.9 Å². The fourth-order valence-corrected chi connectivity index (χ4v) is 3.08. The zero-order valence-electron chi connectivity index (χ0n) is 9.28. The summed E-state index contributed by atoms with van der Waals surface area (Å²) in [6, 6.07) is 20.7. The number of hydrogen-bond donors (Lipinski definition) is 0. The van der Waals surface area contributed by atoms with Gasteiger partial charge in [-0.25, -0.2) is 0 Å². The van der Waals surface area contributed by atoms with E-state index in [1.165, 1.54) is 11.1 Å². The van der Waals surface area contributed by atoms with Gasteiger partial charge in [-0.3, -0.25) is 0 Å². The SMILES string of the molecule is c1ccc(C2(c3ccccc3)N=NCS2)cc1. The Kier molecular flexibility index (Phi) is 2.69. The van der Waals surface area contributed by atoms with E-state index >= 15 is 0 Å². The maximum absolute atomic E-state index is 4.50. The maximum atomic E-state index is 4.50. The summed E-state index contributed by atoms with van der Waals surface area (Å²) >= 11 is 1.76. The van der Waals surface area contributed by atoms with E-state index in [2.05, 4.69) is 58.8 Å². The van der Waals surface area contributed by atoms with Crippen LogP contribution < -0.4 is 0 Å². The van der Waals surface area contributed by atoms with E-state index in [0.717, 1.165) is 5.88 Å². The van der Waals surface area contributed by atoms with Gasteiger partial charge in [0.1, 0.15) is 5.88 Å². The van der Waals surface area contributed by atoms with Crippen LogP contribution >= 0.6 is 11.8 Å². The summed E-state index contributed by atoms with van der Waals surface area (Å²) in [5.74, 6) is 0.726. The van der Waals surface area contributed by atoms with Crippen LogP contribution in [0.4, 0.5) is 0 Å². The number of nitrogens with zero attached hydrogens (tertiary/aromatic N) is 2. The van der Waals surface area contributed by atoms with Crippen LogP contribution in [-0.4, -0.2) is 5.88 Å². The van der Waals surface area contributed by atoms with Crippen molar-refractivity contribution in [3.8, 4) is 0 Å². The van der Waals surface area contributed by atoms with Crippen LogP contribution in [0, 0.1) is 0 Å². The van der Waals surface area contributed by atoms with E-state index in [-0.39, 0.29) is 4.87 Å². The first kappa shape index (κ1) is 10.5. The molecule has 2 aromatic carbocycles.